The first-order valence-corrected chi connectivity index (χ1v) is 11.1. The number of carbonyl (C=O) groups excluding carboxylic acids is 1. The molecule has 2 aromatic heterocycles. The van der Waals surface area contributed by atoms with Gasteiger partial charge in [0.2, 0.25) is 5.91 Å². The Morgan fingerprint density at radius 2 is 1.90 bits per heavy atom. The third-order valence-electron chi connectivity index (χ3n) is 4.42. The predicted molar refractivity (Wildman–Crippen MR) is 122 cm³/mol. The number of anilines is 1. The molecule has 0 aliphatic heterocycles. The molecule has 0 fully saturated rings. The molecule has 8 heteroatoms. The Morgan fingerprint density at radius 1 is 1.13 bits per heavy atom. The molecular weight excluding hydrogens is 418 g/mol. The average molecular weight is 438 g/mol. The Balaban J connectivity index is 1.54. The minimum atomic E-state index is -0.170. The maximum absolute atomic E-state index is 13.0. The Hall–Kier alpha value is -3.10. The molecule has 0 aliphatic carbocycles. The van der Waals surface area contributed by atoms with Gasteiger partial charge in [-0.2, -0.15) is 0 Å². The SMILES string of the molecule is COc1ccc(NC(=O)CSc2nc3ccsc3c(=O)n2Cc2ccccc2)cc1. The van der Waals surface area contributed by atoms with Crippen molar-refractivity contribution in [3.05, 3.63) is 82.0 Å². The summed E-state index contributed by atoms with van der Waals surface area (Å²) in [6.07, 6.45) is 0. The van der Waals surface area contributed by atoms with Gasteiger partial charge in [-0.25, -0.2) is 4.98 Å². The van der Waals surface area contributed by atoms with Gasteiger partial charge in [0.1, 0.15) is 10.4 Å². The number of ether oxygens (including phenoxy) is 1. The van der Waals surface area contributed by atoms with E-state index in [1.165, 1.54) is 23.1 Å². The van der Waals surface area contributed by atoms with Crippen molar-refractivity contribution in [3.8, 4) is 5.75 Å². The maximum atomic E-state index is 13.0. The number of thioether (sulfide) groups is 1. The van der Waals surface area contributed by atoms with Gasteiger partial charge in [0.15, 0.2) is 5.16 Å². The lowest BCUT2D eigenvalue weighted by Gasteiger charge is -2.12. The molecule has 152 valence electrons. The van der Waals surface area contributed by atoms with Gasteiger partial charge >= 0.3 is 0 Å². The van der Waals surface area contributed by atoms with Gasteiger partial charge in [0.25, 0.3) is 5.56 Å². The van der Waals surface area contributed by atoms with Crippen molar-refractivity contribution in [2.45, 2.75) is 11.7 Å². The van der Waals surface area contributed by atoms with Crippen molar-refractivity contribution in [1.29, 1.82) is 0 Å². The van der Waals surface area contributed by atoms with Crippen LogP contribution in [0.5, 0.6) is 5.75 Å². The van der Waals surface area contributed by atoms with Crippen molar-refractivity contribution in [2.75, 3.05) is 18.2 Å². The number of methoxy groups -OCH3 is 1. The molecule has 0 saturated carbocycles. The van der Waals surface area contributed by atoms with E-state index in [0.29, 0.717) is 27.6 Å². The van der Waals surface area contributed by atoms with Crippen molar-refractivity contribution >= 4 is 44.9 Å². The lowest BCUT2D eigenvalue weighted by atomic mass is 10.2. The molecule has 2 heterocycles. The van der Waals surface area contributed by atoms with E-state index in [1.807, 2.05) is 41.8 Å². The van der Waals surface area contributed by atoms with Gasteiger partial charge in [-0.15, -0.1) is 11.3 Å². The molecule has 1 amide bonds. The molecule has 4 rings (SSSR count). The number of thiophene rings is 1. The summed E-state index contributed by atoms with van der Waals surface area (Å²) in [5.74, 6) is 0.694. The zero-order chi connectivity index (χ0) is 20.9. The minimum absolute atomic E-state index is 0.0862. The smallest absolute Gasteiger partial charge is 0.272 e. The number of hydrogen-bond donors (Lipinski definition) is 1. The van der Waals surface area contributed by atoms with Crippen LogP contribution in [0.25, 0.3) is 10.2 Å². The Bertz CT molecular complexity index is 1220. The Kier molecular flexibility index (Phi) is 6.15. The third kappa shape index (κ3) is 4.55. The molecule has 1 N–H and O–H groups in total. The summed E-state index contributed by atoms with van der Waals surface area (Å²) in [6, 6.07) is 18.7. The third-order valence-corrected chi connectivity index (χ3v) is 6.29. The van der Waals surface area contributed by atoms with Crippen molar-refractivity contribution in [2.24, 2.45) is 0 Å². The van der Waals surface area contributed by atoms with Crippen LogP contribution in [0.1, 0.15) is 5.56 Å². The quantitative estimate of drug-likeness (QED) is 0.346. The molecule has 0 atom stereocenters. The molecule has 0 radical (unpaired) electrons. The Labute approximate surface area is 181 Å². The van der Waals surface area contributed by atoms with E-state index in [4.69, 9.17) is 4.74 Å². The summed E-state index contributed by atoms with van der Waals surface area (Å²) in [4.78, 5) is 30.1. The summed E-state index contributed by atoms with van der Waals surface area (Å²) >= 11 is 2.64. The maximum Gasteiger partial charge on any atom is 0.272 e. The summed E-state index contributed by atoms with van der Waals surface area (Å²) in [6.45, 7) is 0.406. The second-order valence-corrected chi connectivity index (χ2v) is 8.33. The van der Waals surface area contributed by atoms with Crippen LogP contribution in [0, 0.1) is 0 Å². The molecule has 0 bridgehead atoms. The van der Waals surface area contributed by atoms with Crippen LogP contribution in [-0.4, -0.2) is 28.3 Å². The van der Waals surface area contributed by atoms with Crippen LogP contribution in [0.4, 0.5) is 5.69 Å². The summed E-state index contributed by atoms with van der Waals surface area (Å²) in [5.41, 5.74) is 2.26. The first-order valence-electron chi connectivity index (χ1n) is 9.23. The highest BCUT2D eigenvalue weighted by molar-refractivity contribution is 7.99. The van der Waals surface area contributed by atoms with Crippen molar-refractivity contribution in [3.63, 3.8) is 0 Å². The number of fused-ring (bicyclic) bond motifs is 1. The highest BCUT2D eigenvalue weighted by Gasteiger charge is 2.15. The topological polar surface area (TPSA) is 73.2 Å². The first kappa shape index (κ1) is 20.2. The van der Waals surface area contributed by atoms with E-state index < -0.39 is 0 Å². The van der Waals surface area contributed by atoms with Crippen molar-refractivity contribution in [1.82, 2.24) is 9.55 Å². The molecular formula is C22H19N3O3S2. The van der Waals surface area contributed by atoms with Crippen LogP contribution in [-0.2, 0) is 11.3 Å². The molecule has 4 aromatic rings. The largest absolute Gasteiger partial charge is 0.497 e. The summed E-state index contributed by atoms with van der Waals surface area (Å²) in [7, 11) is 1.59. The second kappa shape index (κ2) is 9.15. The number of nitrogens with one attached hydrogen (secondary N) is 1. The lowest BCUT2D eigenvalue weighted by Crippen LogP contribution is -2.24. The highest BCUT2D eigenvalue weighted by Crippen LogP contribution is 2.22. The van der Waals surface area contributed by atoms with Crippen LogP contribution in [0.2, 0.25) is 0 Å². The molecule has 0 saturated heterocycles. The number of nitrogens with zero attached hydrogens (tertiary/aromatic N) is 2. The molecule has 2 aromatic carbocycles. The number of rotatable bonds is 7. The predicted octanol–water partition coefficient (Wildman–Crippen LogP) is 4.25. The van der Waals surface area contributed by atoms with E-state index in [1.54, 1.807) is 35.9 Å². The number of amides is 1. The zero-order valence-electron chi connectivity index (χ0n) is 16.2. The van der Waals surface area contributed by atoms with Crippen LogP contribution in [0.15, 0.2) is 76.0 Å². The molecule has 6 nitrogen and oxygen atoms in total. The monoisotopic (exact) mass is 437 g/mol. The van der Waals surface area contributed by atoms with Crippen LogP contribution >= 0.6 is 23.1 Å². The lowest BCUT2D eigenvalue weighted by molar-refractivity contribution is -0.113. The molecule has 30 heavy (non-hydrogen) atoms. The normalized spacial score (nSPS) is 10.8. The van der Waals surface area contributed by atoms with Gasteiger partial charge in [-0.3, -0.25) is 14.2 Å². The Morgan fingerprint density at radius 3 is 2.63 bits per heavy atom. The number of carbonyl (C=O) groups is 1. The van der Waals surface area contributed by atoms with E-state index >= 15 is 0 Å². The van der Waals surface area contributed by atoms with E-state index in [2.05, 4.69) is 10.3 Å². The van der Waals surface area contributed by atoms with Gasteiger partial charge in [0, 0.05) is 5.69 Å². The fraction of sp³-hybridized carbons (Fsp3) is 0.136. The van der Waals surface area contributed by atoms with Crippen LogP contribution < -0.4 is 15.6 Å². The standard InChI is InChI=1S/C22H19N3O3S2/c1-28-17-9-7-16(8-10-17)23-19(26)14-30-22-24-18-11-12-29-20(18)21(27)25(22)13-15-5-3-2-4-6-15/h2-12H,13-14H2,1H3,(H,23,26). The van der Waals surface area contributed by atoms with Gasteiger partial charge in [-0.1, -0.05) is 42.1 Å². The number of benzene rings is 2. The van der Waals surface area contributed by atoms with Crippen molar-refractivity contribution < 1.29 is 9.53 Å². The second-order valence-electron chi connectivity index (χ2n) is 6.47. The van der Waals surface area contributed by atoms with Crippen LogP contribution in [0.3, 0.4) is 0 Å². The highest BCUT2D eigenvalue weighted by atomic mass is 32.2. The first-order chi connectivity index (χ1) is 14.6. The zero-order valence-corrected chi connectivity index (χ0v) is 17.8. The minimum Gasteiger partial charge on any atom is -0.497 e. The summed E-state index contributed by atoms with van der Waals surface area (Å²) in [5, 5.41) is 5.24. The number of hydrogen-bond acceptors (Lipinski definition) is 6. The average Bonchev–Trinajstić information content (AvgIpc) is 3.25. The molecule has 0 unspecified atom stereocenters. The number of aromatic nitrogens is 2. The van der Waals surface area contributed by atoms with Gasteiger partial charge in [0.05, 0.1) is 24.9 Å². The van der Waals surface area contributed by atoms with E-state index in [0.717, 1.165) is 11.3 Å². The fourth-order valence-corrected chi connectivity index (χ4v) is 4.52. The summed E-state index contributed by atoms with van der Waals surface area (Å²) < 4.78 is 7.39. The molecule has 0 spiro atoms. The van der Waals surface area contributed by atoms with Gasteiger partial charge in [-0.05, 0) is 41.3 Å². The van der Waals surface area contributed by atoms with Gasteiger partial charge < -0.3 is 10.1 Å². The molecule has 0 aliphatic rings. The van der Waals surface area contributed by atoms with E-state index in [-0.39, 0.29) is 17.2 Å². The van der Waals surface area contributed by atoms with E-state index in [9.17, 15) is 9.59 Å². The fourth-order valence-electron chi connectivity index (χ4n) is 2.94.